The van der Waals surface area contributed by atoms with Gasteiger partial charge in [-0.05, 0) is 72.9 Å². The number of carboxylic acids is 1. The van der Waals surface area contributed by atoms with Crippen molar-refractivity contribution in [3.05, 3.63) is 81.9 Å². The van der Waals surface area contributed by atoms with Crippen molar-refractivity contribution in [2.45, 2.75) is 39.3 Å². The number of carbonyl (C=O) groups excluding carboxylic acids is 1. The molecule has 12 heteroatoms. The number of nitrogens with one attached hydrogen (secondary N) is 1. The van der Waals surface area contributed by atoms with E-state index in [9.17, 15) is 22.8 Å². The molecule has 1 amide bonds. The lowest BCUT2D eigenvalue weighted by Gasteiger charge is -2.27. The number of anilines is 2. The lowest BCUT2D eigenvalue weighted by Crippen LogP contribution is -2.37. The molecule has 42 heavy (non-hydrogen) atoms. The lowest BCUT2D eigenvalue weighted by atomic mass is 9.99. The van der Waals surface area contributed by atoms with Gasteiger partial charge in [0.25, 0.3) is 5.91 Å². The van der Waals surface area contributed by atoms with Crippen LogP contribution in [0.15, 0.2) is 54.6 Å². The van der Waals surface area contributed by atoms with Crippen LogP contribution in [0, 0.1) is 12.8 Å². The van der Waals surface area contributed by atoms with Gasteiger partial charge in [-0.1, -0.05) is 23.7 Å². The highest BCUT2D eigenvalue weighted by atomic mass is 35.5. The highest BCUT2D eigenvalue weighted by molar-refractivity contribution is 6.30. The Hall–Kier alpha value is -3.96. The predicted octanol–water partition coefficient (Wildman–Crippen LogP) is 6.54. The van der Waals surface area contributed by atoms with E-state index in [1.807, 2.05) is 6.92 Å². The number of hydrogen-bond donors (Lipinski definition) is 2. The molecule has 1 aliphatic rings. The largest absolute Gasteiger partial charge is 0.573 e. The molecule has 0 bridgehead atoms. The molecule has 0 radical (unpaired) electrons. The van der Waals surface area contributed by atoms with Crippen molar-refractivity contribution >= 4 is 34.9 Å². The van der Waals surface area contributed by atoms with Gasteiger partial charge < -0.3 is 29.5 Å². The van der Waals surface area contributed by atoms with Crippen LogP contribution in [0.4, 0.5) is 24.5 Å². The summed E-state index contributed by atoms with van der Waals surface area (Å²) in [7, 11) is 1.49. The number of hydrogen-bond acceptors (Lipinski definition) is 6. The third-order valence-corrected chi connectivity index (χ3v) is 7.05. The van der Waals surface area contributed by atoms with Crippen LogP contribution in [0.5, 0.6) is 11.5 Å². The van der Waals surface area contributed by atoms with E-state index in [-0.39, 0.29) is 25.7 Å². The second-order valence-electron chi connectivity index (χ2n) is 9.98. The standard InChI is InChI=1S/C30H30ClF3N2O6/c1-17-10-21(31)5-7-25(17)27(28(37)36-9-8-20-4-6-23(14-26(20)36)42-30(32,33)34)35-22-11-19(12-24(13-22)40-3)16-41-15-18(2)29(38)39/h4-7,10-14,18,27,35H,8-9,15-16H2,1-3H3,(H,38,39). The van der Waals surface area contributed by atoms with E-state index < -0.39 is 30.0 Å². The second kappa shape index (κ2) is 12.9. The highest BCUT2D eigenvalue weighted by Gasteiger charge is 2.35. The molecule has 0 aromatic heterocycles. The number of aliphatic carboxylic acids is 1. The molecule has 3 aromatic carbocycles. The first-order valence-electron chi connectivity index (χ1n) is 13.1. The van der Waals surface area contributed by atoms with Crippen LogP contribution in [0.1, 0.15) is 35.2 Å². The maximum absolute atomic E-state index is 14.2. The van der Waals surface area contributed by atoms with E-state index in [1.54, 1.807) is 43.3 Å². The normalized spacial score (nSPS) is 14.2. The number of ether oxygens (including phenoxy) is 3. The summed E-state index contributed by atoms with van der Waals surface area (Å²) in [5.41, 5.74) is 3.61. The summed E-state index contributed by atoms with van der Waals surface area (Å²) in [5, 5.41) is 12.9. The van der Waals surface area contributed by atoms with E-state index in [4.69, 9.17) is 26.2 Å². The van der Waals surface area contributed by atoms with Gasteiger partial charge in [0.2, 0.25) is 0 Å². The number of benzene rings is 3. The second-order valence-corrected chi connectivity index (χ2v) is 10.4. The Morgan fingerprint density at radius 2 is 1.86 bits per heavy atom. The third kappa shape index (κ3) is 7.65. The van der Waals surface area contributed by atoms with Gasteiger partial charge in [0.05, 0.1) is 31.9 Å². The summed E-state index contributed by atoms with van der Waals surface area (Å²) in [6.07, 6.45) is -4.40. The van der Waals surface area contributed by atoms with Crippen LogP contribution in [-0.2, 0) is 27.4 Å². The molecule has 2 unspecified atom stereocenters. The summed E-state index contributed by atoms with van der Waals surface area (Å²) in [4.78, 5) is 26.7. The molecule has 3 aromatic rings. The lowest BCUT2D eigenvalue weighted by molar-refractivity contribution is -0.274. The van der Waals surface area contributed by atoms with Crippen LogP contribution < -0.4 is 19.7 Å². The number of nitrogens with zero attached hydrogens (tertiary/aromatic N) is 1. The molecule has 4 rings (SSSR count). The van der Waals surface area contributed by atoms with Gasteiger partial charge in [0.1, 0.15) is 17.5 Å². The smallest absolute Gasteiger partial charge is 0.497 e. The SMILES string of the molecule is COc1cc(COCC(C)C(=O)O)cc(NC(C(=O)N2CCc3ccc(OC(F)(F)F)cc32)c2ccc(Cl)cc2C)c1. The predicted molar refractivity (Wildman–Crippen MR) is 151 cm³/mol. The highest BCUT2D eigenvalue weighted by Crippen LogP contribution is 2.37. The monoisotopic (exact) mass is 606 g/mol. The average Bonchev–Trinajstić information content (AvgIpc) is 3.33. The maximum atomic E-state index is 14.2. The van der Waals surface area contributed by atoms with E-state index in [0.29, 0.717) is 39.7 Å². The molecular formula is C30H30ClF3N2O6. The van der Waals surface area contributed by atoms with Crippen LogP contribution in [0.25, 0.3) is 0 Å². The zero-order chi connectivity index (χ0) is 30.6. The van der Waals surface area contributed by atoms with Crippen molar-refractivity contribution in [3.63, 3.8) is 0 Å². The number of amides is 1. The molecule has 0 fully saturated rings. The van der Waals surface area contributed by atoms with Gasteiger partial charge in [-0.15, -0.1) is 13.2 Å². The van der Waals surface area contributed by atoms with Crippen molar-refractivity contribution in [2.75, 3.05) is 30.5 Å². The maximum Gasteiger partial charge on any atom is 0.573 e. The summed E-state index contributed by atoms with van der Waals surface area (Å²) < 4.78 is 53.8. The van der Waals surface area contributed by atoms with Gasteiger partial charge in [-0.3, -0.25) is 9.59 Å². The molecule has 8 nitrogen and oxygen atoms in total. The Labute approximate surface area is 245 Å². The van der Waals surface area contributed by atoms with Crippen molar-refractivity contribution in [1.82, 2.24) is 0 Å². The minimum Gasteiger partial charge on any atom is -0.497 e. The van der Waals surface area contributed by atoms with E-state index in [2.05, 4.69) is 10.1 Å². The van der Waals surface area contributed by atoms with Gasteiger partial charge in [-0.25, -0.2) is 0 Å². The van der Waals surface area contributed by atoms with Crippen LogP contribution in [0.3, 0.4) is 0 Å². The van der Waals surface area contributed by atoms with Crippen molar-refractivity contribution in [3.8, 4) is 11.5 Å². The molecule has 0 saturated heterocycles. The van der Waals surface area contributed by atoms with Crippen molar-refractivity contribution in [1.29, 1.82) is 0 Å². The fraction of sp³-hybridized carbons (Fsp3) is 0.333. The Kier molecular flexibility index (Phi) is 9.53. The van der Waals surface area contributed by atoms with Crippen LogP contribution >= 0.6 is 11.6 Å². The summed E-state index contributed by atoms with van der Waals surface area (Å²) in [5.74, 6) is -1.98. The van der Waals surface area contributed by atoms with Crippen LogP contribution in [-0.4, -0.2) is 43.6 Å². The number of alkyl halides is 3. The minimum atomic E-state index is -4.87. The molecule has 1 heterocycles. The minimum absolute atomic E-state index is 0.00873. The number of fused-ring (bicyclic) bond motifs is 1. The molecule has 1 aliphatic heterocycles. The summed E-state index contributed by atoms with van der Waals surface area (Å²) >= 11 is 6.19. The first-order valence-corrected chi connectivity index (χ1v) is 13.4. The Bertz CT molecular complexity index is 1470. The number of halogens is 4. The summed E-state index contributed by atoms with van der Waals surface area (Å²) in [6, 6.07) is 13.3. The number of carbonyl (C=O) groups is 2. The molecule has 224 valence electrons. The third-order valence-electron chi connectivity index (χ3n) is 6.81. The Morgan fingerprint density at radius 1 is 1.10 bits per heavy atom. The molecule has 0 aliphatic carbocycles. The van der Waals surface area contributed by atoms with E-state index in [0.717, 1.165) is 11.1 Å². The average molecular weight is 607 g/mol. The van der Waals surface area contributed by atoms with Gasteiger partial charge in [-0.2, -0.15) is 0 Å². The zero-order valence-electron chi connectivity index (χ0n) is 23.1. The molecule has 0 saturated carbocycles. The zero-order valence-corrected chi connectivity index (χ0v) is 23.9. The van der Waals surface area contributed by atoms with E-state index >= 15 is 0 Å². The Morgan fingerprint density at radius 3 is 2.52 bits per heavy atom. The fourth-order valence-electron chi connectivity index (χ4n) is 4.71. The first-order chi connectivity index (χ1) is 19.8. The summed E-state index contributed by atoms with van der Waals surface area (Å²) in [6.45, 7) is 3.73. The van der Waals surface area contributed by atoms with Crippen LogP contribution in [0.2, 0.25) is 5.02 Å². The van der Waals surface area contributed by atoms with Crippen molar-refractivity contribution < 1.29 is 42.1 Å². The topological polar surface area (TPSA) is 97.3 Å². The number of methoxy groups -OCH3 is 1. The number of carboxylic acid groups (broad SMARTS) is 1. The first kappa shape index (κ1) is 31.0. The fourth-order valence-corrected chi connectivity index (χ4v) is 4.94. The molecule has 2 atom stereocenters. The van der Waals surface area contributed by atoms with Crippen molar-refractivity contribution in [2.24, 2.45) is 5.92 Å². The molecule has 0 spiro atoms. The quantitative estimate of drug-likeness (QED) is 0.256. The molecule has 2 N–H and O–H groups in total. The van der Waals surface area contributed by atoms with E-state index in [1.165, 1.54) is 30.2 Å². The van der Waals surface area contributed by atoms with Gasteiger partial charge in [0, 0.05) is 29.4 Å². The van der Waals surface area contributed by atoms with Gasteiger partial charge >= 0.3 is 12.3 Å². The Balaban J connectivity index is 1.67. The molecular weight excluding hydrogens is 577 g/mol. The van der Waals surface area contributed by atoms with Gasteiger partial charge in [0.15, 0.2) is 0 Å². The number of rotatable bonds is 11. The number of aryl methyl sites for hydroxylation is 1.